The first-order valence-electron chi connectivity index (χ1n) is 8.77. The maximum absolute atomic E-state index is 4.32. The molecule has 1 aromatic heterocycles. The van der Waals surface area contributed by atoms with Crippen molar-refractivity contribution in [3.8, 4) is 0 Å². The molecule has 1 aromatic carbocycles. The third kappa shape index (κ3) is 9.43. The second kappa shape index (κ2) is 13.6. The molecule has 0 spiro atoms. The summed E-state index contributed by atoms with van der Waals surface area (Å²) in [5.74, 6) is 0.869. The van der Waals surface area contributed by atoms with Crippen molar-refractivity contribution >= 4 is 29.9 Å². The van der Waals surface area contributed by atoms with Gasteiger partial charge in [0.25, 0.3) is 0 Å². The van der Waals surface area contributed by atoms with Gasteiger partial charge < -0.3 is 10.6 Å². The Labute approximate surface area is 168 Å². The maximum atomic E-state index is 4.32. The van der Waals surface area contributed by atoms with Crippen molar-refractivity contribution in [2.24, 2.45) is 4.99 Å². The molecule has 0 fully saturated rings. The fraction of sp³-hybridized carbons (Fsp3) is 0.400. The van der Waals surface area contributed by atoms with E-state index in [1.807, 2.05) is 31.4 Å². The van der Waals surface area contributed by atoms with Crippen LogP contribution in [0.5, 0.6) is 0 Å². The molecule has 0 unspecified atom stereocenters. The second-order valence-electron chi connectivity index (χ2n) is 5.79. The highest BCUT2D eigenvalue weighted by Crippen LogP contribution is 2.05. The van der Waals surface area contributed by atoms with Gasteiger partial charge in [-0.1, -0.05) is 42.8 Å². The summed E-state index contributed by atoms with van der Waals surface area (Å²) in [5, 5.41) is 6.71. The number of hydrogen-bond acceptors (Lipinski definition) is 2. The zero-order valence-corrected chi connectivity index (χ0v) is 17.3. The summed E-state index contributed by atoms with van der Waals surface area (Å²) in [7, 11) is 1.81. The molecule has 0 aliphatic carbocycles. The van der Waals surface area contributed by atoms with Crippen LogP contribution in [0, 0.1) is 0 Å². The average molecular weight is 452 g/mol. The van der Waals surface area contributed by atoms with E-state index in [4.69, 9.17) is 0 Å². The van der Waals surface area contributed by atoms with E-state index in [0.717, 1.165) is 44.0 Å². The summed E-state index contributed by atoms with van der Waals surface area (Å²) in [5.41, 5.74) is 2.53. The van der Waals surface area contributed by atoms with Crippen molar-refractivity contribution in [3.05, 3.63) is 66.0 Å². The van der Waals surface area contributed by atoms with E-state index in [-0.39, 0.29) is 24.0 Å². The van der Waals surface area contributed by atoms with E-state index < -0.39 is 0 Å². The van der Waals surface area contributed by atoms with Gasteiger partial charge >= 0.3 is 0 Å². The Hall–Kier alpha value is -1.63. The first kappa shape index (κ1) is 21.4. The SMILES string of the molecule is CN=C(NCCCCCc1ccccc1)NCCc1ccccn1.I. The van der Waals surface area contributed by atoms with Gasteiger partial charge in [-0.05, 0) is 37.0 Å². The molecule has 136 valence electrons. The lowest BCUT2D eigenvalue weighted by Crippen LogP contribution is -2.38. The summed E-state index contributed by atoms with van der Waals surface area (Å²) in [6, 6.07) is 16.7. The van der Waals surface area contributed by atoms with E-state index >= 15 is 0 Å². The lowest BCUT2D eigenvalue weighted by atomic mass is 10.1. The standard InChI is InChI=1S/C20H28N4.HI/c1-21-20(24-17-14-19-13-7-9-15-22-19)23-16-8-3-6-12-18-10-4-2-5-11-18;/h2,4-5,7,9-11,13,15H,3,6,8,12,14,16-17H2,1H3,(H2,21,23,24);1H. The largest absolute Gasteiger partial charge is 0.356 e. The van der Waals surface area contributed by atoms with Crippen LogP contribution in [-0.4, -0.2) is 31.1 Å². The quantitative estimate of drug-likeness (QED) is 0.263. The minimum Gasteiger partial charge on any atom is -0.356 e. The van der Waals surface area contributed by atoms with Crippen LogP contribution in [0.2, 0.25) is 0 Å². The van der Waals surface area contributed by atoms with Crippen molar-refractivity contribution in [1.82, 2.24) is 15.6 Å². The molecular weight excluding hydrogens is 423 g/mol. The minimum atomic E-state index is 0. The van der Waals surface area contributed by atoms with E-state index in [0.29, 0.717) is 0 Å². The van der Waals surface area contributed by atoms with Crippen molar-refractivity contribution in [2.75, 3.05) is 20.1 Å². The number of aromatic nitrogens is 1. The molecule has 1 heterocycles. The molecule has 4 nitrogen and oxygen atoms in total. The fourth-order valence-electron chi connectivity index (χ4n) is 2.56. The molecule has 2 rings (SSSR count). The predicted molar refractivity (Wildman–Crippen MR) is 117 cm³/mol. The van der Waals surface area contributed by atoms with Gasteiger partial charge in [-0.2, -0.15) is 0 Å². The van der Waals surface area contributed by atoms with Crippen molar-refractivity contribution in [1.29, 1.82) is 0 Å². The number of pyridine rings is 1. The highest BCUT2D eigenvalue weighted by atomic mass is 127. The normalized spacial score (nSPS) is 10.8. The number of aryl methyl sites for hydroxylation is 1. The minimum absolute atomic E-state index is 0. The molecule has 0 bridgehead atoms. The first-order chi connectivity index (χ1) is 11.9. The Kier molecular flexibility index (Phi) is 11.7. The predicted octanol–water partition coefficient (Wildman–Crippen LogP) is 3.82. The molecular formula is C20H29IN4. The van der Waals surface area contributed by atoms with Gasteiger partial charge in [0.05, 0.1) is 0 Å². The molecule has 0 saturated carbocycles. The van der Waals surface area contributed by atoms with E-state index in [2.05, 4.69) is 50.9 Å². The van der Waals surface area contributed by atoms with Gasteiger partial charge in [-0.25, -0.2) is 0 Å². The van der Waals surface area contributed by atoms with Gasteiger partial charge in [-0.15, -0.1) is 24.0 Å². The molecule has 0 atom stereocenters. The number of nitrogens with zero attached hydrogens (tertiary/aromatic N) is 2. The molecule has 0 saturated heterocycles. The van der Waals surface area contributed by atoms with Gasteiger partial charge in [-0.3, -0.25) is 9.98 Å². The smallest absolute Gasteiger partial charge is 0.190 e. The van der Waals surface area contributed by atoms with Crippen molar-refractivity contribution in [3.63, 3.8) is 0 Å². The Morgan fingerprint density at radius 3 is 2.36 bits per heavy atom. The third-order valence-electron chi connectivity index (χ3n) is 3.90. The Balaban J connectivity index is 0.00000312. The van der Waals surface area contributed by atoms with Gasteiger partial charge in [0.15, 0.2) is 5.96 Å². The van der Waals surface area contributed by atoms with Gasteiger partial charge in [0.2, 0.25) is 0 Å². The lowest BCUT2D eigenvalue weighted by molar-refractivity contribution is 0.655. The third-order valence-corrected chi connectivity index (χ3v) is 3.90. The second-order valence-corrected chi connectivity index (χ2v) is 5.79. The van der Waals surface area contributed by atoms with E-state index in [1.165, 1.54) is 18.4 Å². The molecule has 0 aliphatic rings. The lowest BCUT2D eigenvalue weighted by Gasteiger charge is -2.11. The monoisotopic (exact) mass is 452 g/mol. The van der Waals surface area contributed by atoms with Crippen LogP contribution in [0.4, 0.5) is 0 Å². The fourth-order valence-corrected chi connectivity index (χ4v) is 2.56. The van der Waals surface area contributed by atoms with Crippen LogP contribution in [0.15, 0.2) is 59.7 Å². The topological polar surface area (TPSA) is 49.3 Å². The van der Waals surface area contributed by atoms with Gasteiger partial charge in [0.1, 0.15) is 0 Å². The summed E-state index contributed by atoms with van der Waals surface area (Å²) in [6.45, 7) is 1.79. The Morgan fingerprint density at radius 2 is 1.64 bits per heavy atom. The molecule has 0 aliphatic heterocycles. The molecule has 2 aromatic rings. The number of benzene rings is 1. The number of rotatable bonds is 9. The number of unbranched alkanes of at least 4 members (excludes halogenated alkanes) is 2. The zero-order chi connectivity index (χ0) is 16.9. The van der Waals surface area contributed by atoms with E-state index in [9.17, 15) is 0 Å². The van der Waals surface area contributed by atoms with Crippen molar-refractivity contribution in [2.45, 2.75) is 32.1 Å². The zero-order valence-electron chi connectivity index (χ0n) is 14.9. The number of guanidine groups is 1. The highest BCUT2D eigenvalue weighted by Gasteiger charge is 1.98. The summed E-state index contributed by atoms with van der Waals surface area (Å²) >= 11 is 0. The number of halogens is 1. The van der Waals surface area contributed by atoms with Crippen LogP contribution < -0.4 is 10.6 Å². The molecule has 25 heavy (non-hydrogen) atoms. The van der Waals surface area contributed by atoms with Crippen molar-refractivity contribution < 1.29 is 0 Å². The number of nitrogens with one attached hydrogen (secondary N) is 2. The van der Waals surface area contributed by atoms with Crippen LogP contribution >= 0.6 is 24.0 Å². The van der Waals surface area contributed by atoms with Crippen LogP contribution in [0.25, 0.3) is 0 Å². The number of hydrogen-bond donors (Lipinski definition) is 2. The van der Waals surface area contributed by atoms with Crippen LogP contribution in [0.3, 0.4) is 0 Å². The molecule has 5 heteroatoms. The number of aliphatic imine (C=N–C) groups is 1. The van der Waals surface area contributed by atoms with Crippen LogP contribution in [-0.2, 0) is 12.8 Å². The van der Waals surface area contributed by atoms with Gasteiger partial charge in [0, 0.05) is 38.4 Å². The highest BCUT2D eigenvalue weighted by molar-refractivity contribution is 14.0. The summed E-state index contributed by atoms with van der Waals surface area (Å²) in [6.07, 6.45) is 7.52. The van der Waals surface area contributed by atoms with Crippen LogP contribution in [0.1, 0.15) is 30.5 Å². The Morgan fingerprint density at radius 1 is 0.880 bits per heavy atom. The molecule has 0 radical (unpaired) electrons. The molecule has 2 N–H and O–H groups in total. The first-order valence-corrected chi connectivity index (χ1v) is 8.77. The average Bonchev–Trinajstić information content (AvgIpc) is 2.64. The maximum Gasteiger partial charge on any atom is 0.190 e. The van der Waals surface area contributed by atoms with E-state index in [1.54, 1.807) is 0 Å². The Bertz CT molecular complexity index is 587. The summed E-state index contributed by atoms with van der Waals surface area (Å²) in [4.78, 5) is 8.58. The molecule has 0 amide bonds. The summed E-state index contributed by atoms with van der Waals surface area (Å²) < 4.78 is 0.